The second-order valence-electron chi connectivity index (χ2n) is 7.14. The largest absolute Gasteiger partial charge is 0.497 e. The van der Waals surface area contributed by atoms with E-state index in [1.54, 1.807) is 18.9 Å². The first-order chi connectivity index (χ1) is 17.2. The van der Waals surface area contributed by atoms with Crippen LogP contribution in [0.5, 0.6) is 5.75 Å². The Kier molecular flexibility index (Phi) is 12.9. The molecule has 0 saturated carbocycles. The predicted molar refractivity (Wildman–Crippen MR) is 153 cm³/mol. The van der Waals surface area contributed by atoms with E-state index in [2.05, 4.69) is 64.8 Å². The van der Waals surface area contributed by atoms with Crippen LogP contribution in [0.2, 0.25) is 0 Å². The molecule has 1 aliphatic rings. The number of nitrogens with zero attached hydrogens (tertiary/aromatic N) is 3. The zero-order chi connectivity index (χ0) is 25.5. The highest BCUT2D eigenvalue weighted by atomic mass is 32.2. The number of methoxy groups -OCH3 is 1. The number of nitrogens with two attached hydrogens (primary N) is 1. The molecule has 3 aromatic rings. The zero-order valence-corrected chi connectivity index (χ0v) is 22.5. The van der Waals surface area contributed by atoms with Gasteiger partial charge in [-0.3, -0.25) is 0 Å². The van der Waals surface area contributed by atoms with Crippen molar-refractivity contribution in [1.82, 2.24) is 9.97 Å². The maximum atomic E-state index is 5.49. The van der Waals surface area contributed by atoms with Crippen molar-refractivity contribution in [2.75, 3.05) is 49.9 Å². The van der Waals surface area contributed by atoms with Gasteiger partial charge in [0.1, 0.15) is 11.6 Å². The summed E-state index contributed by atoms with van der Waals surface area (Å²) in [6.45, 7) is 7.20. The van der Waals surface area contributed by atoms with Crippen LogP contribution >= 0.6 is 24.0 Å². The lowest BCUT2D eigenvalue weighted by Crippen LogP contribution is -2.37. The normalized spacial score (nSPS) is 12.4. The summed E-state index contributed by atoms with van der Waals surface area (Å²) < 4.78 is 10.7. The first kappa shape index (κ1) is 28.4. The second-order valence-corrected chi connectivity index (χ2v) is 8.28. The number of anilines is 3. The Labute approximate surface area is 218 Å². The Bertz CT molecular complexity index is 1010. The third-order valence-corrected chi connectivity index (χ3v) is 5.50. The molecule has 0 bridgehead atoms. The third-order valence-electron chi connectivity index (χ3n) is 4.91. The molecule has 0 atom stereocenters. The Balaban J connectivity index is 0.000000803. The van der Waals surface area contributed by atoms with E-state index >= 15 is 0 Å². The van der Waals surface area contributed by atoms with E-state index in [1.165, 1.54) is 0 Å². The molecule has 0 unspecified atom stereocenters. The van der Waals surface area contributed by atoms with Crippen molar-refractivity contribution >= 4 is 46.7 Å². The van der Waals surface area contributed by atoms with E-state index in [0.29, 0.717) is 0 Å². The van der Waals surface area contributed by atoms with Crippen molar-refractivity contribution in [3.05, 3.63) is 60.3 Å². The van der Waals surface area contributed by atoms with E-state index < -0.39 is 0 Å². The van der Waals surface area contributed by atoms with Gasteiger partial charge in [-0.15, -0.1) is 0 Å². The zero-order valence-electron chi connectivity index (χ0n) is 20.9. The molecule has 0 radical (unpaired) electrons. The maximum absolute atomic E-state index is 5.49. The van der Waals surface area contributed by atoms with Gasteiger partial charge in [0.15, 0.2) is 5.82 Å². The molecule has 2 heterocycles. The maximum Gasteiger partial charge on any atom is 0.161 e. The molecule has 2 aromatic carbocycles. The number of hydrogen-bond acceptors (Lipinski definition) is 8. The van der Waals surface area contributed by atoms with Gasteiger partial charge in [-0.1, -0.05) is 26.1 Å². The van der Waals surface area contributed by atoms with E-state index in [4.69, 9.17) is 19.4 Å². The van der Waals surface area contributed by atoms with Crippen LogP contribution in [0.3, 0.4) is 0 Å². The molecule has 0 amide bonds. The van der Waals surface area contributed by atoms with E-state index in [1.807, 2.05) is 38.1 Å². The average Bonchev–Trinajstić information content (AvgIpc) is 2.92. The molecule has 7 nitrogen and oxygen atoms in total. The van der Waals surface area contributed by atoms with Gasteiger partial charge >= 0.3 is 0 Å². The minimum Gasteiger partial charge on any atom is -0.497 e. The summed E-state index contributed by atoms with van der Waals surface area (Å²) in [5, 5.41) is 3.41. The number of ether oxygens (including phenoxy) is 2. The van der Waals surface area contributed by atoms with Crippen molar-refractivity contribution in [3.63, 3.8) is 0 Å². The van der Waals surface area contributed by atoms with Crippen LogP contribution in [0.4, 0.5) is 17.2 Å². The second kappa shape index (κ2) is 15.9. The number of aromatic nitrogens is 2. The van der Waals surface area contributed by atoms with Gasteiger partial charge in [-0.2, -0.15) is 11.8 Å². The van der Waals surface area contributed by atoms with Crippen LogP contribution in [-0.2, 0) is 10.5 Å². The SMILES string of the molecule is CC.COc1ccc(Nc2ccc(-c3nc(CSC)cc(N4CCOCC4)n3)cc2)cc1.NC=S. The number of rotatable bonds is 7. The summed E-state index contributed by atoms with van der Waals surface area (Å²) in [7, 11) is 1.67. The molecule has 4 rings (SSSR count). The van der Waals surface area contributed by atoms with E-state index in [0.717, 1.165) is 77.6 Å². The highest BCUT2D eigenvalue weighted by molar-refractivity contribution is 7.97. The monoisotopic (exact) mass is 513 g/mol. The number of thiocarbonyl (C=S) groups is 1. The number of nitrogens with one attached hydrogen (secondary N) is 1. The first-order valence-corrected chi connectivity index (χ1v) is 13.4. The summed E-state index contributed by atoms with van der Waals surface area (Å²) in [4.78, 5) is 11.9. The molecule has 1 aliphatic heterocycles. The molecule has 0 aliphatic carbocycles. The number of thioether (sulfide) groups is 1. The Hall–Kier alpha value is -2.88. The number of benzene rings is 2. The lowest BCUT2D eigenvalue weighted by atomic mass is 10.1. The van der Waals surface area contributed by atoms with Crippen LogP contribution in [0, 0.1) is 0 Å². The lowest BCUT2D eigenvalue weighted by Gasteiger charge is -2.28. The van der Waals surface area contributed by atoms with Crippen LogP contribution in [0.25, 0.3) is 11.4 Å². The smallest absolute Gasteiger partial charge is 0.161 e. The quantitative estimate of drug-likeness (QED) is 0.396. The molecule has 0 spiro atoms. The molecule has 1 aromatic heterocycles. The average molecular weight is 514 g/mol. The first-order valence-electron chi connectivity index (χ1n) is 11.5. The topological polar surface area (TPSA) is 85.5 Å². The van der Waals surface area contributed by atoms with Gasteiger partial charge in [-0.25, -0.2) is 9.97 Å². The summed E-state index contributed by atoms with van der Waals surface area (Å²) in [6.07, 6.45) is 2.09. The highest BCUT2D eigenvalue weighted by Gasteiger charge is 2.15. The molecular weight excluding hydrogens is 478 g/mol. The number of morpholine rings is 1. The van der Waals surface area contributed by atoms with Gasteiger partial charge < -0.3 is 25.4 Å². The highest BCUT2D eigenvalue weighted by Crippen LogP contribution is 2.25. The molecule has 188 valence electrons. The molecule has 1 fully saturated rings. The summed E-state index contributed by atoms with van der Waals surface area (Å²) >= 11 is 5.81. The van der Waals surface area contributed by atoms with Gasteiger partial charge in [0.05, 0.1) is 31.5 Å². The summed E-state index contributed by atoms with van der Waals surface area (Å²) in [5.41, 5.74) is 9.70. The summed E-state index contributed by atoms with van der Waals surface area (Å²) in [5.74, 6) is 3.45. The summed E-state index contributed by atoms with van der Waals surface area (Å²) in [6, 6.07) is 18.2. The van der Waals surface area contributed by atoms with E-state index in [-0.39, 0.29) is 0 Å². The van der Waals surface area contributed by atoms with Gasteiger partial charge in [-0.05, 0) is 54.8 Å². The van der Waals surface area contributed by atoms with Crippen molar-refractivity contribution in [2.24, 2.45) is 5.73 Å². The number of hydrogen-bond donors (Lipinski definition) is 2. The predicted octanol–water partition coefficient (Wildman–Crippen LogP) is 5.52. The van der Waals surface area contributed by atoms with E-state index in [9.17, 15) is 0 Å². The third kappa shape index (κ3) is 9.01. The Morgan fingerprint density at radius 1 is 1.06 bits per heavy atom. The Morgan fingerprint density at radius 2 is 1.63 bits per heavy atom. The molecular formula is C26H35N5O2S2. The fourth-order valence-electron chi connectivity index (χ4n) is 3.33. The van der Waals surface area contributed by atoms with Crippen molar-refractivity contribution in [3.8, 4) is 17.1 Å². The van der Waals surface area contributed by atoms with Gasteiger partial charge in [0.2, 0.25) is 0 Å². The molecule has 35 heavy (non-hydrogen) atoms. The van der Waals surface area contributed by atoms with Crippen LogP contribution in [0.1, 0.15) is 19.5 Å². The van der Waals surface area contributed by atoms with Crippen molar-refractivity contribution in [2.45, 2.75) is 19.6 Å². The van der Waals surface area contributed by atoms with Crippen LogP contribution < -0.4 is 20.7 Å². The molecule has 1 saturated heterocycles. The molecule has 9 heteroatoms. The van der Waals surface area contributed by atoms with Gasteiger partial charge in [0.25, 0.3) is 0 Å². The standard InChI is InChI=1S/C23H26N4O2S.C2H6.CH3NS/c1-28-21-9-7-19(8-10-21)24-18-5-3-17(4-6-18)23-25-20(16-30-2)15-22(26-23)27-11-13-29-14-12-27;1-2;2-1-3/h3-10,15,24H,11-14,16H2,1-2H3;1-2H3;1H,(H2,2,3). The van der Waals surface area contributed by atoms with Crippen LogP contribution in [-0.4, -0.2) is 55.1 Å². The fraction of sp³-hybridized carbons (Fsp3) is 0.346. The van der Waals surface area contributed by atoms with Gasteiger partial charge in [0, 0.05) is 41.8 Å². The fourth-order valence-corrected chi connectivity index (χ4v) is 3.78. The minimum atomic E-state index is 0.739. The van der Waals surface area contributed by atoms with Crippen molar-refractivity contribution in [1.29, 1.82) is 0 Å². The van der Waals surface area contributed by atoms with Crippen molar-refractivity contribution < 1.29 is 9.47 Å². The Morgan fingerprint density at radius 3 is 2.17 bits per heavy atom. The lowest BCUT2D eigenvalue weighted by molar-refractivity contribution is 0.122. The minimum absolute atomic E-state index is 0.739. The van der Waals surface area contributed by atoms with Crippen LogP contribution in [0.15, 0.2) is 54.6 Å². The molecule has 3 N–H and O–H groups in total.